The second-order valence-electron chi connectivity index (χ2n) is 4.63. The maximum Gasteiger partial charge on any atom is 0.223 e. The van der Waals surface area contributed by atoms with Crippen molar-refractivity contribution in [2.45, 2.75) is 46.1 Å². The Bertz CT molecular complexity index is 378. The highest BCUT2D eigenvalue weighted by molar-refractivity contribution is 5.79. The van der Waals surface area contributed by atoms with E-state index in [1.165, 1.54) is 0 Å². The minimum absolute atomic E-state index is 0.0409. The van der Waals surface area contributed by atoms with E-state index in [0.29, 0.717) is 0 Å². The lowest BCUT2D eigenvalue weighted by Crippen LogP contribution is -2.37. The smallest absolute Gasteiger partial charge is 0.223 e. The molecule has 1 aromatic heterocycles. The van der Waals surface area contributed by atoms with Gasteiger partial charge in [0.1, 0.15) is 0 Å². The van der Waals surface area contributed by atoms with E-state index in [4.69, 9.17) is 0 Å². The average molecular weight is 237 g/mol. The number of carbonyl (C=O) groups is 1. The molecule has 1 aromatic rings. The predicted octanol–water partition coefficient (Wildman–Crippen LogP) is 2.21. The second-order valence-corrected chi connectivity index (χ2v) is 4.63. The van der Waals surface area contributed by atoms with Crippen LogP contribution in [0, 0.1) is 5.92 Å². The molecule has 0 bridgehead atoms. The van der Waals surface area contributed by atoms with Crippen LogP contribution in [0.25, 0.3) is 0 Å². The van der Waals surface area contributed by atoms with Crippen molar-refractivity contribution in [2.24, 2.45) is 13.0 Å². The molecule has 0 unspecified atom stereocenters. The molecule has 0 aromatic carbocycles. The third-order valence-electron chi connectivity index (χ3n) is 2.89. The van der Waals surface area contributed by atoms with E-state index in [1.54, 1.807) is 4.68 Å². The molecule has 1 aliphatic carbocycles. The first-order valence-corrected chi connectivity index (χ1v) is 6.35. The minimum atomic E-state index is -0.115. The molecule has 0 atom stereocenters. The van der Waals surface area contributed by atoms with Crippen LogP contribution in [-0.4, -0.2) is 15.7 Å². The molecule has 1 fully saturated rings. The van der Waals surface area contributed by atoms with Gasteiger partial charge < -0.3 is 5.32 Å². The molecule has 17 heavy (non-hydrogen) atoms. The average Bonchev–Trinajstić information content (AvgIpc) is 2.95. The van der Waals surface area contributed by atoms with Gasteiger partial charge in [-0.3, -0.25) is 9.48 Å². The SMILES string of the molecule is CC.CC(C)C(=O)NC1(c2cnn(C)c2)CC1. The summed E-state index contributed by atoms with van der Waals surface area (Å²) < 4.78 is 1.77. The van der Waals surface area contributed by atoms with Crippen molar-refractivity contribution in [1.29, 1.82) is 0 Å². The van der Waals surface area contributed by atoms with Crippen LogP contribution >= 0.6 is 0 Å². The Kier molecular flexibility index (Phi) is 4.32. The standard InChI is InChI=1S/C11H17N3O.C2H6/c1-8(2)10(15)13-11(4-5-11)9-6-12-14(3)7-9;1-2/h6-8H,4-5H2,1-3H3,(H,13,15);1-2H3. The number of carbonyl (C=O) groups excluding carboxylic acids is 1. The molecular weight excluding hydrogens is 214 g/mol. The van der Waals surface area contributed by atoms with Gasteiger partial charge in [-0.15, -0.1) is 0 Å². The molecule has 96 valence electrons. The summed E-state index contributed by atoms with van der Waals surface area (Å²) in [7, 11) is 1.89. The number of aryl methyl sites for hydroxylation is 1. The first kappa shape index (κ1) is 13.7. The summed E-state index contributed by atoms with van der Waals surface area (Å²) in [5, 5.41) is 7.24. The third kappa shape index (κ3) is 3.08. The van der Waals surface area contributed by atoms with E-state index >= 15 is 0 Å². The van der Waals surface area contributed by atoms with Gasteiger partial charge in [-0.1, -0.05) is 27.7 Å². The highest BCUT2D eigenvalue weighted by atomic mass is 16.2. The molecule has 4 nitrogen and oxygen atoms in total. The summed E-state index contributed by atoms with van der Waals surface area (Å²) in [6.45, 7) is 7.82. The van der Waals surface area contributed by atoms with Crippen LogP contribution in [0.15, 0.2) is 12.4 Å². The molecule has 1 aliphatic rings. The number of hydrogen-bond donors (Lipinski definition) is 1. The summed E-state index contributed by atoms with van der Waals surface area (Å²) in [4.78, 5) is 11.6. The van der Waals surface area contributed by atoms with Crippen LogP contribution in [0.3, 0.4) is 0 Å². The number of hydrogen-bond acceptors (Lipinski definition) is 2. The normalized spacial score (nSPS) is 16.1. The fourth-order valence-corrected chi connectivity index (χ4v) is 1.66. The Balaban J connectivity index is 0.000000686. The van der Waals surface area contributed by atoms with E-state index in [-0.39, 0.29) is 17.4 Å². The number of aromatic nitrogens is 2. The maximum absolute atomic E-state index is 11.6. The molecule has 1 amide bonds. The highest BCUT2D eigenvalue weighted by Crippen LogP contribution is 2.45. The van der Waals surface area contributed by atoms with Crippen molar-refractivity contribution in [1.82, 2.24) is 15.1 Å². The summed E-state index contributed by atoms with van der Waals surface area (Å²) in [5.74, 6) is 0.162. The minimum Gasteiger partial charge on any atom is -0.346 e. The Morgan fingerprint density at radius 1 is 1.47 bits per heavy atom. The molecule has 1 saturated carbocycles. The summed E-state index contributed by atoms with van der Waals surface area (Å²) in [6, 6.07) is 0. The van der Waals surface area contributed by atoms with E-state index in [1.807, 2.05) is 47.1 Å². The molecule has 0 aliphatic heterocycles. The van der Waals surface area contributed by atoms with E-state index in [9.17, 15) is 4.79 Å². The third-order valence-corrected chi connectivity index (χ3v) is 2.89. The summed E-state index contributed by atoms with van der Waals surface area (Å²) in [6.07, 6.45) is 5.87. The van der Waals surface area contributed by atoms with Gasteiger partial charge >= 0.3 is 0 Å². The topological polar surface area (TPSA) is 46.9 Å². The Hall–Kier alpha value is -1.32. The highest BCUT2D eigenvalue weighted by Gasteiger charge is 2.46. The lowest BCUT2D eigenvalue weighted by atomic mass is 10.1. The van der Waals surface area contributed by atoms with Gasteiger partial charge in [0.15, 0.2) is 0 Å². The zero-order chi connectivity index (χ0) is 13.1. The molecular formula is C13H23N3O. The van der Waals surface area contributed by atoms with Crippen molar-refractivity contribution in [3.05, 3.63) is 18.0 Å². The van der Waals surface area contributed by atoms with Crippen LogP contribution in [0.2, 0.25) is 0 Å². The van der Waals surface area contributed by atoms with Crippen molar-refractivity contribution in [3.63, 3.8) is 0 Å². The zero-order valence-corrected chi connectivity index (χ0v) is 11.4. The van der Waals surface area contributed by atoms with E-state index in [0.717, 1.165) is 18.4 Å². The van der Waals surface area contributed by atoms with Gasteiger partial charge in [-0.25, -0.2) is 0 Å². The largest absolute Gasteiger partial charge is 0.346 e. The van der Waals surface area contributed by atoms with Gasteiger partial charge in [0.05, 0.1) is 11.7 Å². The molecule has 1 N–H and O–H groups in total. The molecule has 0 radical (unpaired) electrons. The van der Waals surface area contributed by atoms with Gasteiger partial charge in [0, 0.05) is 24.7 Å². The number of amides is 1. The van der Waals surface area contributed by atoms with Gasteiger partial charge in [-0.2, -0.15) is 5.10 Å². The molecule has 0 spiro atoms. The van der Waals surface area contributed by atoms with Crippen molar-refractivity contribution in [3.8, 4) is 0 Å². The first-order valence-electron chi connectivity index (χ1n) is 6.35. The number of rotatable bonds is 3. The van der Waals surface area contributed by atoms with Crippen LogP contribution < -0.4 is 5.32 Å². The van der Waals surface area contributed by atoms with Gasteiger partial charge in [0.2, 0.25) is 5.91 Å². The quantitative estimate of drug-likeness (QED) is 0.876. The van der Waals surface area contributed by atoms with Gasteiger partial charge in [-0.05, 0) is 12.8 Å². The predicted molar refractivity (Wildman–Crippen MR) is 68.4 cm³/mol. The van der Waals surface area contributed by atoms with Gasteiger partial charge in [0.25, 0.3) is 0 Å². The van der Waals surface area contributed by atoms with Crippen molar-refractivity contribution in [2.75, 3.05) is 0 Å². The van der Waals surface area contributed by atoms with E-state index in [2.05, 4.69) is 10.4 Å². The lowest BCUT2D eigenvalue weighted by Gasteiger charge is -2.17. The van der Waals surface area contributed by atoms with Crippen LogP contribution in [0.5, 0.6) is 0 Å². The summed E-state index contributed by atoms with van der Waals surface area (Å²) in [5.41, 5.74) is 1.01. The lowest BCUT2D eigenvalue weighted by molar-refractivity contribution is -0.125. The molecule has 1 heterocycles. The van der Waals surface area contributed by atoms with Crippen molar-refractivity contribution < 1.29 is 4.79 Å². The molecule has 4 heteroatoms. The fraction of sp³-hybridized carbons (Fsp3) is 0.692. The van der Waals surface area contributed by atoms with E-state index < -0.39 is 0 Å². The summed E-state index contributed by atoms with van der Waals surface area (Å²) >= 11 is 0. The van der Waals surface area contributed by atoms with Crippen LogP contribution in [0.4, 0.5) is 0 Å². The Morgan fingerprint density at radius 3 is 2.41 bits per heavy atom. The second kappa shape index (κ2) is 5.34. The van der Waals surface area contributed by atoms with Crippen LogP contribution in [0.1, 0.15) is 46.1 Å². The number of nitrogens with zero attached hydrogens (tertiary/aromatic N) is 2. The van der Waals surface area contributed by atoms with Crippen LogP contribution in [-0.2, 0) is 17.4 Å². The van der Waals surface area contributed by atoms with Crippen molar-refractivity contribution >= 4 is 5.91 Å². The monoisotopic (exact) mass is 237 g/mol. The molecule has 0 saturated heterocycles. The zero-order valence-electron chi connectivity index (χ0n) is 11.4. The molecule has 2 rings (SSSR count). The fourth-order valence-electron chi connectivity index (χ4n) is 1.66. The maximum atomic E-state index is 11.6. The number of nitrogens with one attached hydrogen (secondary N) is 1. The Morgan fingerprint density at radius 2 is 2.06 bits per heavy atom. The first-order chi connectivity index (χ1) is 8.03. The Labute approximate surface area is 103 Å².